The molecular formula is C12H21N3. The zero-order valence-electron chi connectivity index (χ0n) is 9.83. The van der Waals surface area contributed by atoms with Crippen LogP contribution in [0, 0.1) is 0 Å². The Hall–Kier alpha value is -1.09. The average molecular weight is 207 g/mol. The van der Waals surface area contributed by atoms with Crippen molar-refractivity contribution in [3.05, 3.63) is 23.9 Å². The molecule has 0 bridgehead atoms. The number of nitrogens with zero attached hydrogens (tertiary/aromatic N) is 1. The van der Waals surface area contributed by atoms with Gasteiger partial charge in [-0.25, -0.2) is 4.98 Å². The summed E-state index contributed by atoms with van der Waals surface area (Å²) in [6.07, 6.45) is 4.15. The molecule has 3 N–H and O–H groups in total. The zero-order chi connectivity index (χ0) is 11.3. The molecular weight excluding hydrogens is 186 g/mol. The molecule has 1 rings (SSSR count). The maximum Gasteiger partial charge on any atom is 0.123 e. The fraction of sp³-hybridized carbons (Fsp3) is 0.583. The van der Waals surface area contributed by atoms with Crippen LogP contribution in [0.5, 0.6) is 0 Å². The predicted octanol–water partition coefficient (Wildman–Crippen LogP) is 2.50. The lowest BCUT2D eigenvalue weighted by Gasteiger charge is -2.21. The molecule has 1 heterocycles. The standard InChI is InChI=1S/C12H21N3/c1-4-11(5-2)15-9(3)10-6-7-12(13)14-8-10/h6-9,11,15H,4-5H2,1-3H3,(H2,13,14). The number of nitrogens with one attached hydrogen (secondary N) is 1. The predicted molar refractivity (Wildman–Crippen MR) is 64.6 cm³/mol. The van der Waals surface area contributed by atoms with Crippen molar-refractivity contribution in [2.24, 2.45) is 0 Å². The second-order valence-corrected chi connectivity index (χ2v) is 3.92. The molecule has 84 valence electrons. The first kappa shape index (κ1) is 12.0. The van der Waals surface area contributed by atoms with Crippen LogP contribution in [0.4, 0.5) is 5.82 Å². The van der Waals surface area contributed by atoms with E-state index in [2.05, 4.69) is 31.1 Å². The van der Waals surface area contributed by atoms with E-state index < -0.39 is 0 Å². The first-order valence-electron chi connectivity index (χ1n) is 5.64. The SMILES string of the molecule is CCC(CC)NC(C)c1ccc(N)nc1. The van der Waals surface area contributed by atoms with Crippen molar-refractivity contribution in [1.29, 1.82) is 0 Å². The van der Waals surface area contributed by atoms with Gasteiger partial charge in [0.05, 0.1) is 0 Å². The topological polar surface area (TPSA) is 50.9 Å². The number of nitrogens with two attached hydrogens (primary N) is 1. The number of rotatable bonds is 5. The minimum Gasteiger partial charge on any atom is -0.384 e. The highest BCUT2D eigenvalue weighted by atomic mass is 14.9. The summed E-state index contributed by atoms with van der Waals surface area (Å²) < 4.78 is 0. The Bertz CT molecular complexity index is 277. The third-order valence-electron chi connectivity index (χ3n) is 2.78. The highest BCUT2D eigenvalue weighted by Crippen LogP contribution is 2.14. The van der Waals surface area contributed by atoms with Gasteiger partial charge in [0.2, 0.25) is 0 Å². The van der Waals surface area contributed by atoms with Crippen LogP contribution < -0.4 is 11.1 Å². The Labute approximate surface area is 92.1 Å². The van der Waals surface area contributed by atoms with E-state index in [1.165, 1.54) is 5.56 Å². The highest BCUT2D eigenvalue weighted by Gasteiger charge is 2.09. The summed E-state index contributed by atoms with van der Waals surface area (Å²) in [5, 5.41) is 3.57. The highest BCUT2D eigenvalue weighted by molar-refractivity contribution is 5.30. The van der Waals surface area contributed by atoms with Crippen LogP contribution in [0.2, 0.25) is 0 Å². The molecule has 0 fully saturated rings. The summed E-state index contributed by atoms with van der Waals surface area (Å²) >= 11 is 0. The average Bonchev–Trinajstić information content (AvgIpc) is 2.26. The van der Waals surface area contributed by atoms with Crippen molar-refractivity contribution in [2.75, 3.05) is 5.73 Å². The molecule has 0 aliphatic carbocycles. The molecule has 1 aromatic heterocycles. The van der Waals surface area contributed by atoms with Gasteiger partial charge in [-0.15, -0.1) is 0 Å². The van der Waals surface area contributed by atoms with E-state index in [0.717, 1.165) is 12.8 Å². The smallest absolute Gasteiger partial charge is 0.123 e. The Balaban J connectivity index is 2.60. The summed E-state index contributed by atoms with van der Waals surface area (Å²) in [6.45, 7) is 6.57. The molecule has 15 heavy (non-hydrogen) atoms. The van der Waals surface area contributed by atoms with Crippen molar-refractivity contribution < 1.29 is 0 Å². The Kier molecular flexibility index (Phi) is 4.56. The van der Waals surface area contributed by atoms with Gasteiger partial charge in [-0.2, -0.15) is 0 Å². The lowest BCUT2D eigenvalue weighted by molar-refractivity contribution is 0.432. The van der Waals surface area contributed by atoms with Gasteiger partial charge in [0, 0.05) is 18.3 Å². The molecule has 0 aliphatic rings. The Morgan fingerprint density at radius 3 is 2.47 bits per heavy atom. The van der Waals surface area contributed by atoms with E-state index in [-0.39, 0.29) is 0 Å². The molecule has 3 nitrogen and oxygen atoms in total. The van der Waals surface area contributed by atoms with Gasteiger partial charge in [0.25, 0.3) is 0 Å². The summed E-state index contributed by atoms with van der Waals surface area (Å²) in [6, 6.07) is 4.79. The molecule has 1 unspecified atom stereocenters. The molecule has 0 spiro atoms. The Morgan fingerprint density at radius 2 is 2.00 bits per heavy atom. The summed E-state index contributed by atoms with van der Waals surface area (Å²) in [4.78, 5) is 4.10. The van der Waals surface area contributed by atoms with Gasteiger partial charge in [-0.05, 0) is 31.4 Å². The van der Waals surface area contributed by atoms with Crippen LogP contribution in [0.1, 0.15) is 45.2 Å². The van der Waals surface area contributed by atoms with Crippen LogP contribution in [0.25, 0.3) is 0 Å². The number of hydrogen-bond donors (Lipinski definition) is 2. The molecule has 3 heteroatoms. The van der Waals surface area contributed by atoms with Crippen molar-refractivity contribution in [3.63, 3.8) is 0 Å². The summed E-state index contributed by atoms with van der Waals surface area (Å²) in [5.41, 5.74) is 6.74. The largest absolute Gasteiger partial charge is 0.384 e. The monoisotopic (exact) mass is 207 g/mol. The molecule has 0 saturated carbocycles. The van der Waals surface area contributed by atoms with E-state index in [9.17, 15) is 0 Å². The molecule has 0 radical (unpaired) electrons. The first-order valence-corrected chi connectivity index (χ1v) is 5.64. The van der Waals surface area contributed by atoms with Gasteiger partial charge in [0.15, 0.2) is 0 Å². The van der Waals surface area contributed by atoms with Gasteiger partial charge >= 0.3 is 0 Å². The van der Waals surface area contributed by atoms with E-state index in [1.807, 2.05) is 18.3 Å². The van der Waals surface area contributed by atoms with E-state index in [4.69, 9.17) is 5.73 Å². The molecule has 0 amide bonds. The van der Waals surface area contributed by atoms with Gasteiger partial charge in [-0.3, -0.25) is 0 Å². The number of anilines is 1. The number of pyridine rings is 1. The minimum absolute atomic E-state index is 0.336. The molecule has 0 aliphatic heterocycles. The van der Waals surface area contributed by atoms with Crippen molar-refractivity contribution >= 4 is 5.82 Å². The molecule has 1 aromatic rings. The maximum absolute atomic E-state index is 5.55. The lowest BCUT2D eigenvalue weighted by Crippen LogP contribution is -2.30. The van der Waals surface area contributed by atoms with Crippen LogP contribution in [-0.4, -0.2) is 11.0 Å². The summed E-state index contributed by atoms with van der Waals surface area (Å²) in [5.74, 6) is 0.577. The third kappa shape index (κ3) is 3.51. The van der Waals surface area contributed by atoms with Crippen molar-refractivity contribution in [2.45, 2.75) is 45.7 Å². The van der Waals surface area contributed by atoms with E-state index >= 15 is 0 Å². The van der Waals surface area contributed by atoms with Gasteiger partial charge in [-0.1, -0.05) is 19.9 Å². The van der Waals surface area contributed by atoms with Gasteiger partial charge in [0.1, 0.15) is 5.82 Å². The van der Waals surface area contributed by atoms with E-state index in [0.29, 0.717) is 17.9 Å². The number of nitrogen functional groups attached to an aromatic ring is 1. The van der Waals surface area contributed by atoms with Crippen LogP contribution in [-0.2, 0) is 0 Å². The first-order chi connectivity index (χ1) is 7.17. The third-order valence-corrected chi connectivity index (χ3v) is 2.78. The quantitative estimate of drug-likeness (QED) is 0.780. The second kappa shape index (κ2) is 5.71. The number of hydrogen-bond acceptors (Lipinski definition) is 3. The van der Waals surface area contributed by atoms with Crippen LogP contribution in [0.3, 0.4) is 0 Å². The molecule has 0 saturated heterocycles. The van der Waals surface area contributed by atoms with Crippen LogP contribution in [0.15, 0.2) is 18.3 Å². The van der Waals surface area contributed by atoms with Gasteiger partial charge < -0.3 is 11.1 Å². The fourth-order valence-corrected chi connectivity index (χ4v) is 1.65. The zero-order valence-corrected chi connectivity index (χ0v) is 9.83. The normalized spacial score (nSPS) is 13.1. The second-order valence-electron chi connectivity index (χ2n) is 3.92. The van der Waals surface area contributed by atoms with Crippen molar-refractivity contribution in [3.8, 4) is 0 Å². The molecule has 0 aromatic carbocycles. The van der Waals surface area contributed by atoms with E-state index in [1.54, 1.807) is 0 Å². The fourth-order valence-electron chi connectivity index (χ4n) is 1.65. The maximum atomic E-state index is 5.55. The van der Waals surface area contributed by atoms with Crippen molar-refractivity contribution in [1.82, 2.24) is 10.3 Å². The molecule has 1 atom stereocenters. The van der Waals surface area contributed by atoms with Crippen LogP contribution >= 0.6 is 0 Å². The minimum atomic E-state index is 0.336. The lowest BCUT2D eigenvalue weighted by atomic mass is 10.1. The number of aromatic nitrogens is 1. The summed E-state index contributed by atoms with van der Waals surface area (Å²) in [7, 11) is 0. The Morgan fingerprint density at radius 1 is 1.33 bits per heavy atom.